The zero-order chi connectivity index (χ0) is 21.2. The van der Waals surface area contributed by atoms with Gasteiger partial charge in [0.05, 0.1) is 35.7 Å². The number of piperidine rings is 1. The number of methoxy groups -OCH3 is 1. The number of fused-ring (bicyclic) bond motifs is 1. The molecule has 1 saturated heterocycles. The minimum atomic E-state index is -3.51. The third-order valence-corrected chi connectivity index (χ3v) is 7.05. The first-order valence-corrected chi connectivity index (χ1v) is 11.6. The Morgan fingerprint density at radius 3 is 2.79 bits per heavy atom. The van der Waals surface area contributed by atoms with Gasteiger partial charge in [-0.25, -0.2) is 13.2 Å². The largest absolute Gasteiger partial charge is 0.465 e. The molecule has 1 aliphatic heterocycles. The van der Waals surface area contributed by atoms with E-state index in [2.05, 4.69) is 10.9 Å². The normalized spacial score (nSPS) is 18.5. The lowest BCUT2D eigenvalue weighted by Gasteiger charge is -2.31. The second-order valence-corrected chi connectivity index (χ2v) is 9.63. The second-order valence-electron chi connectivity index (χ2n) is 6.68. The van der Waals surface area contributed by atoms with Crippen molar-refractivity contribution in [1.29, 1.82) is 0 Å². The molecule has 1 amide bonds. The number of rotatable bonds is 4. The number of aromatic nitrogens is 1. The van der Waals surface area contributed by atoms with Crippen molar-refractivity contribution in [3.05, 3.63) is 28.6 Å². The van der Waals surface area contributed by atoms with E-state index in [-0.39, 0.29) is 6.54 Å². The number of terminal acetylenes is 1. The molecule has 2 heterocycles. The van der Waals surface area contributed by atoms with Crippen LogP contribution in [0.4, 0.5) is 0 Å². The Bertz CT molecular complexity index is 1170. The first-order chi connectivity index (χ1) is 13.8. The highest BCUT2D eigenvalue weighted by Crippen LogP contribution is 2.22. The minimum Gasteiger partial charge on any atom is -0.465 e. The van der Waals surface area contributed by atoms with Crippen LogP contribution < -0.4 is 4.80 Å². The van der Waals surface area contributed by atoms with Gasteiger partial charge in [0, 0.05) is 6.54 Å². The van der Waals surface area contributed by atoms with Crippen molar-refractivity contribution >= 4 is 43.5 Å². The highest BCUT2D eigenvalue weighted by Gasteiger charge is 2.34. The van der Waals surface area contributed by atoms with Gasteiger partial charge >= 0.3 is 5.97 Å². The molecule has 1 atom stereocenters. The van der Waals surface area contributed by atoms with Crippen LogP contribution in [-0.2, 0) is 26.1 Å². The van der Waals surface area contributed by atoms with Crippen molar-refractivity contribution in [2.75, 3.05) is 19.9 Å². The Hall–Kier alpha value is -2.48. The lowest BCUT2D eigenvalue weighted by molar-refractivity contribution is -0.122. The van der Waals surface area contributed by atoms with Gasteiger partial charge in [-0.3, -0.25) is 4.79 Å². The summed E-state index contributed by atoms with van der Waals surface area (Å²) in [5.74, 6) is 1.56. The number of thiazole rings is 1. The molecule has 0 bridgehead atoms. The van der Waals surface area contributed by atoms with Gasteiger partial charge in [-0.15, -0.1) is 6.42 Å². The molecule has 10 heteroatoms. The predicted molar refractivity (Wildman–Crippen MR) is 110 cm³/mol. The molecule has 1 aromatic heterocycles. The summed E-state index contributed by atoms with van der Waals surface area (Å²) in [6.45, 7) is 0.494. The van der Waals surface area contributed by atoms with Crippen LogP contribution in [0.3, 0.4) is 0 Å². The molecule has 0 radical (unpaired) electrons. The Balaban J connectivity index is 2.08. The summed E-state index contributed by atoms with van der Waals surface area (Å²) in [5.41, 5.74) is 1.11. The standard InChI is InChI=1S/C19H21N3O5S2/c1-4-10-21-14-9-8-13(18(24)27-2)12-16(14)28-19(21)20-17(23)15-7-5-6-11-22(15)29(3,25)26/h1,8-9,12,15H,5-7,10-11H2,2-3H3. The van der Waals surface area contributed by atoms with Crippen LogP contribution in [0.2, 0.25) is 0 Å². The van der Waals surface area contributed by atoms with E-state index in [1.54, 1.807) is 22.8 Å². The zero-order valence-electron chi connectivity index (χ0n) is 16.1. The number of hydrogen-bond donors (Lipinski definition) is 0. The lowest BCUT2D eigenvalue weighted by Crippen LogP contribution is -2.47. The molecule has 154 valence electrons. The van der Waals surface area contributed by atoms with E-state index >= 15 is 0 Å². The van der Waals surface area contributed by atoms with E-state index in [1.165, 1.54) is 22.8 Å². The van der Waals surface area contributed by atoms with Crippen molar-refractivity contribution in [2.24, 2.45) is 4.99 Å². The van der Waals surface area contributed by atoms with Gasteiger partial charge in [-0.1, -0.05) is 23.7 Å². The SMILES string of the molecule is C#CCn1c(=NC(=O)C2CCCCN2S(C)(=O)=O)sc2cc(C(=O)OC)ccc21. The monoisotopic (exact) mass is 435 g/mol. The molecular weight excluding hydrogens is 414 g/mol. The maximum atomic E-state index is 12.9. The van der Waals surface area contributed by atoms with Crippen LogP contribution in [0.25, 0.3) is 10.2 Å². The van der Waals surface area contributed by atoms with Gasteiger partial charge in [-0.2, -0.15) is 9.30 Å². The Kier molecular flexibility index (Phi) is 6.21. The van der Waals surface area contributed by atoms with Crippen LogP contribution in [-0.4, -0.2) is 55.1 Å². The minimum absolute atomic E-state index is 0.185. The fraction of sp³-hybridized carbons (Fsp3) is 0.421. The van der Waals surface area contributed by atoms with Crippen molar-refractivity contribution in [3.63, 3.8) is 0 Å². The smallest absolute Gasteiger partial charge is 0.337 e. The fourth-order valence-electron chi connectivity index (χ4n) is 3.36. The number of ether oxygens (including phenoxy) is 1. The molecule has 3 rings (SSSR count). The van der Waals surface area contributed by atoms with Crippen LogP contribution in [0, 0.1) is 12.3 Å². The van der Waals surface area contributed by atoms with E-state index in [9.17, 15) is 18.0 Å². The molecule has 0 saturated carbocycles. The summed E-state index contributed by atoms with van der Waals surface area (Å²) < 4.78 is 32.5. The van der Waals surface area contributed by atoms with E-state index in [0.29, 0.717) is 29.8 Å². The van der Waals surface area contributed by atoms with Crippen molar-refractivity contribution in [1.82, 2.24) is 8.87 Å². The number of benzene rings is 1. The summed E-state index contributed by atoms with van der Waals surface area (Å²) in [5, 5.41) is 0. The maximum absolute atomic E-state index is 12.9. The lowest BCUT2D eigenvalue weighted by atomic mass is 10.0. The summed E-state index contributed by atoms with van der Waals surface area (Å²) in [6.07, 6.45) is 8.49. The molecule has 1 unspecified atom stereocenters. The summed E-state index contributed by atoms with van der Waals surface area (Å²) >= 11 is 1.21. The number of carbonyl (C=O) groups is 2. The molecule has 1 fully saturated rings. The molecule has 1 aliphatic rings. The number of nitrogens with zero attached hydrogens (tertiary/aromatic N) is 3. The summed E-state index contributed by atoms with van der Waals surface area (Å²) in [6, 6.07) is 4.19. The quantitative estimate of drug-likeness (QED) is 0.534. The van der Waals surface area contributed by atoms with Crippen LogP contribution in [0.1, 0.15) is 29.6 Å². The average molecular weight is 436 g/mol. The van der Waals surface area contributed by atoms with Gasteiger partial charge < -0.3 is 9.30 Å². The molecule has 0 aliphatic carbocycles. The number of carbonyl (C=O) groups excluding carboxylic acids is 2. The number of esters is 1. The first-order valence-electron chi connectivity index (χ1n) is 8.97. The number of amides is 1. The van der Waals surface area contributed by atoms with Crippen LogP contribution in [0.15, 0.2) is 23.2 Å². The highest BCUT2D eigenvalue weighted by atomic mass is 32.2. The van der Waals surface area contributed by atoms with Crippen molar-refractivity contribution in [3.8, 4) is 12.3 Å². The topological polar surface area (TPSA) is 98.0 Å². The third kappa shape index (κ3) is 4.42. The van der Waals surface area contributed by atoms with Gasteiger partial charge in [0.15, 0.2) is 4.80 Å². The molecule has 0 spiro atoms. The van der Waals surface area contributed by atoms with Gasteiger partial charge in [-0.05, 0) is 31.0 Å². The zero-order valence-corrected chi connectivity index (χ0v) is 17.8. The summed E-state index contributed by atoms with van der Waals surface area (Å²) in [4.78, 5) is 29.3. The van der Waals surface area contributed by atoms with Gasteiger partial charge in [0.2, 0.25) is 10.0 Å². The fourth-order valence-corrected chi connectivity index (χ4v) is 5.56. The second kappa shape index (κ2) is 8.49. The third-order valence-electron chi connectivity index (χ3n) is 4.72. The first kappa shape index (κ1) is 21.2. The van der Waals surface area contributed by atoms with E-state index < -0.39 is 27.9 Å². The van der Waals surface area contributed by atoms with E-state index in [1.807, 2.05) is 0 Å². The van der Waals surface area contributed by atoms with Crippen molar-refractivity contribution < 1.29 is 22.7 Å². The molecule has 2 aromatic rings. The molecule has 29 heavy (non-hydrogen) atoms. The van der Waals surface area contributed by atoms with Gasteiger partial charge in [0.1, 0.15) is 6.04 Å². The Morgan fingerprint density at radius 1 is 1.38 bits per heavy atom. The average Bonchev–Trinajstić information content (AvgIpc) is 3.03. The molecular formula is C19H21N3O5S2. The Morgan fingerprint density at radius 2 is 2.14 bits per heavy atom. The van der Waals surface area contributed by atoms with Crippen molar-refractivity contribution in [2.45, 2.75) is 31.8 Å². The highest BCUT2D eigenvalue weighted by molar-refractivity contribution is 7.88. The molecule has 8 nitrogen and oxygen atoms in total. The van der Waals surface area contributed by atoms with Crippen LogP contribution in [0.5, 0.6) is 0 Å². The molecule has 1 aromatic carbocycles. The summed E-state index contributed by atoms with van der Waals surface area (Å²) in [7, 11) is -2.21. The number of sulfonamides is 1. The molecule has 0 N–H and O–H groups in total. The van der Waals surface area contributed by atoms with Crippen LogP contribution >= 0.6 is 11.3 Å². The van der Waals surface area contributed by atoms with Gasteiger partial charge in [0.25, 0.3) is 5.91 Å². The predicted octanol–water partition coefficient (Wildman–Crippen LogP) is 1.36. The number of hydrogen-bond acceptors (Lipinski definition) is 6. The van der Waals surface area contributed by atoms with E-state index in [0.717, 1.165) is 22.9 Å². The Labute approximate surface area is 172 Å². The maximum Gasteiger partial charge on any atom is 0.337 e. The van der Waals surface area contributed by atoms with E-state index in [4.69, 9.17) is 11.2 Å².